The number of aliphatic hydroxyl groups excluding tert-OH is 1. The molecule has 0 bridgehead atoms. The van der Waals surface area contributed by atoms with Gasteiger partial charge in [0.15, 0.2) is 0 Å². The molecule has 5 nitrogen and oxygen atoms in total. The number of aromatic nitrogens is 3. The molecule has 0 aliphatic heterocycles. The van der Waals surface area contributed by atoms with Crippen molar-refractivity contribution in [2.75, 3.05) is 5.32 Å². The summed E-state index contributed by atoms with van der Waals surface area (Å²) in [4.78, 5) is 12.7. The van der Waals surface area contributed by atoms with E-state index in [4.69, 9.17) is 0 Å². The van der Waals surface area contributed by atoms with E-state index in [1.165, 1.54) is 5.56 Å². The van der Waals surface area contributed by atoms with Crippen LogP contribution in [0.1, 0.15) is 35.2 Å². The van der Waals surface area contributed by atoms with Gasteiger partial charge in [0.2, 0.25) is 5.95 Å². The average molecular weight is 270 g/mol. The first-order valence-corrected chi connectivity index (χ1v) is 6.85. The van der Waals surface area contributed by atoms with Crippen LogP contribution in [-0.2, 0) is 6.42 Å². The average Bonchev–Trinajstić information content (AvgIpc) is 2.41. The Hall–Kier alpha value is -2.01. The van der Waals surface area contributed by atoms with Gasteiger partial charge in [-0.2, -0.15) is 9.97 Å². The Morgan fingerprint density at radius 2 is 1.80 bits per heavy atom. The summed E-state index contributed by atoms with van der Waals surface area (Å²) in [6.07, 6.45) is 1.23. The number of hydrogen-bond acceptors (Lipinski definition) is 5. The third-order valence-corrected chi connectivity index (χ3v) is 3.63. The second-order valence-electron chi connectivity index (χ2n) is 5.18. The second kappa shape index (κ2) is 5.17. The molecule has 1 aliphatic carbocycles. The molecule has 0 fully saturated rings. The van der Waals surface area contributed by atoms with Gasteiger partial charge in [0.05, 0.1) is 12.1 Å². The van der Waals surface area contributed by atoms with Crippen LogP contribution in [0.4, 0.5) is 5.95 Å². The van der Waals surface area contributed by atoms with E-state index < -0.39 is 6.10 Å². The zero-order valence-corrected chi connectivity index (χ0v) is 11.7. The van der Waals surface area contributed by atoms with Crippen LogP contribution in [0.5, 0.6) is 0 Å². The highest BCUT2D eigenvalue weighted by Crippen LogP contribution is 2.31. The van der Waals surface area contributed by atoms with Crippen molar-refractivity contribution in [3.8, 4) is 0 Å². The van der Waals surface area contributed by atoms with Crippen molar-refractivity contribution in [2.45, 2.75) is 38.8 Å². The lowest BCUT2D eigenvalue weighted by atomic mass is 9.86. The SMILES string of the molecule is Cc1nc(C)nc(N[C@H]2c3ccccc3CC[C@H]2O)n1. The van der Waals surface area contributed by atoms with E-state index in [2.05, 4.69) is 32.4 Å². The Morgan fingerprint density at radius 3 is 2.55 bits per heavy atom. The first kappa shape index (κ1) is 13.0. The molecule has 1 aliphatic rings. The molecule has 104 valence electrons. The highest BCUT2D eigenvalue weighted by molar-refractivity contribution is 5.39. The van der Waals surface area contributed by atoms with Crippen molar-refractivity contribution in [3.63, 3.8) is 0 Å². The number of benzene rings is 1. The van der Waals surface area contributed by atoms with Crippen LogP contribution < -0.4 is 5.32 Å². The van der Waals surface area contributed by atoms with E-state index >= 15 is 0 Å². The minimum atomic E-state index is -0.428. The molecule has 0 saturated heterocycles. The van der Waals surface area contributed by atoms with E-state index in [1.54, 1.807) is 0 Å². The smallest absolute Gasteiger partial charge is 0.226 e. The highest BCUT2D eigenvalue weighted by Gasteiger charge is 2.28. The maximum Gasteiger partial charge on any atom is 0.226 e. The summed E-state index contributed by atoms with van der Waals surface area (Å²) in [5.74, 6) is 1.88. The third-order valence-electron chi connectivity index (χ3n) is 3.63. The van der Waals surface area contributed by atoms with E-state index in [0.717, 1.165) is 18.4 Å². The van der Waals surface area contributed by atoms with Crippen LogP contribution in [0.3, 0.4) is 0 Å². The second-order valence-corrected chi connectivity index (χ2v) is 5.18. The molecule has 1 aromatic heterocycles. The predicted molar refractivity (Wildman–Crippen MR) is 76.4 cm³/mol. The Balaban J connectivity index is 1.93. The van der Waals surface area contributed by atoms with Gasteiger partial charge in [-0.05, 0) is 37.8 Å². The summed E-state index contributed by atoms with van der Waals surface area (Å²) in [6, 6.07) is 8.03. The molecule has 1 aromatic carbocycles. The standard InChI is InChI=1S/C15H18N4O/c1-9-16-10(2)18-15(17-9)19-14-12-6-4-3-5-11(12)7-8-13(14)20/h3-6,13-14,20H,7-8H2,1-2H3,(H,16,17,18,19)/t13-,14+/m1/s1. The fourth-order valence-electron chi connectivity index (χ4n) is 2.74. The molecule has 0 spiro atoms. The van der Waals surface area contributed by atoms with Gasteiger partial charge in [0.25, 0.3) is 0 Å². The number of nitrogens with one attached hydrogen (secondary N) is 1. The lowest BCUT2D eigenvalue weighted by Gasteiger charge is -2.31. The summed E-state index contributed by atoms with van der Waals surface area (Å²) in [7, 11) is 0. The molecule has 1 heterocycles. The molecule has 2 N–H and O–H groups in total. The molecule has 3 rings (SSSR count). The highest BCUT2D eigenvalue weighted by atomic mass is 16.3. The quantitative estimate of drug-likeness (QED) is 0.872. The summed E-state index contributed by atoms with van der Waals surface area (Å²) >= 11 is 0. The lowest BCUT2D eigenvalue weighted by molar-refractivity contribution is 0.135. The van der Waals surface area contributed by atoms with Gasteiger partial charge in [-0.1, -0.05) is 24.3 Å². The van der Waals surface area contributed by atoms with Crippen molar-refractivity contribution in [1.29, 1.82) is 0 Å². The number of anilines is 1. The first-order chi connectivity index (χ1) is 9.63. The minimum Gasteiger partial charge on any atom is -0.391 e. The lowest BCUT2D eigenvalue weighted by Crippen LogP contribution is -2.31. The first-order valence-electron chi connectivity index (χ1n) is 6.85. The van der Waals surface area contributed by atoms with Gasteiger partial charge in [-0.3, -0.25) is 0 Å². The van der Waals surface area contributed by atoms with Crippen molar-refractivity contribution in [1.82, 2.24) is 15.0 Å². The van der Waals surface area contributed by atoms with Crippen molar-refractivity contribution in [3.05, 3.63) is 47.0 Å². The van der Waals surface area contributed by atoms with Crippen LogP contribution in [0.15, 0.2) is 24.3 Å². The van der Waals surface area contributed by atoms with Gasteiger partial charge in [-0.25, -0.2) is 4.98 Å². The third kappa shape index (κ3) is 2.49. The Kier molecular flexibility index (Phi) is 3.36. The molecule has 0 unspecified atom stereocenters. The minimum absolute atomic E-state index is 0.166. The zero-order chi connectivity index (χ0) is 14.1. The molecular formula is C15H18N4O. The number of aliphatic hydroxyl groups is 1. The van der Waals surface area contributed by atoms with Gasteiger partial charge < -0.3 is 10.4 Å². The van der Waals surface area contributed by atoms with Crippen LogP contribution >= 0.6 is 0 Å². The number of rotatable bonds is 2. The van der Waals surface area contributed by atoms with E-state index in [1.807, 2.05) is 26.0 Å². The van der Waals surface area contributed by atoms with Crippen molar-refractivity contribution in [2.24, 2.45) is 0 Å². The summed E-state index contributed by atoms with van der Waals surface area (Å²) < 4.78 is 0. The van der Waals surface area contributed by atoms with Crippen LogP contribution in [0, 0.1) is 13.8 Å². The summed E-state index contributed by atoms with van der Waals surface area (Å²) in [6.45, 7) is 3.68. The monoisotopic (exact) mass is 270 g/mol. The summed E-state index contributed by atoms with van der Waals surface area (Å²) in [5, 5.41) is 13.5. The number of hydrogen-bond donors (Lipinski definition) is 2. The van der Waals surface area contributed by atoms with Crippen LogP contribution in [0.25, 0.3) is 0 Å². The molecule has 0 amide bonds. The largest absolute Gasteiger partial charge is 0.391 e. The van der Waals surface area contributed by atoms with Crippen molar-refractivity contribution >= 4 is 5.95 Å². The molecule has 2 atom stereocenters. The molecule has 0 radical (unpaired) electrons. The van der Waals surface area contributed by atoms with Crippen LogP contribution in [-0.4, -0.2) is 26.2 Å². The van der Waals surface area contributed by atoms with E-state index in [0.29, 0.717) is 17.6 Å². The predicted octanol–water partition coefficient (Wildman–Crippen LogP) is 1.95. The maximum absolute atomic E-state index is 10.3. The Labute approximate surface area is 118 Å². The fourth-order valence-corrected chi connectivity index (χ4v) is 2.74. The molecule has 0 saturated carbocycles. The van der Waals surface area contributed by atoms with Gasteiger partial charge in [0.1, 0.15) is 11.6 Å². The Bertz CT molecular complexity index is 609. The van der Waals surface area contributed by atoms with Gasteiger partial charge in [-0.15, -0.1) is 0 Å². The molecular weight excluding hydrogens is 252 g/mol. The topological polar surface area (TPSA) is 70.9 Å². The molecule has 20 heavy (non-hydrogen) atoms. The summed E-state index contributed by atoms with van der Waals surface area (Å²) in [5.41, 5.74) is 2.40. The number of fused-ring (bicyclic) bond motifs is 1. The normalized spacial score (nSPS) is 21.4. The number of aryl methyl sites for hydroxylation is 3. The van der Waals surface area contributed by atoms with Crippen LogP contribution in [0.2, 0.25) is 0 Å². The molecule has 2 aromatic rings. The zero-order valence-electron chi connectivity index (χ0n) is 11.7. The Morgan fingerprint density at radius 1 is 1.10 bits per heavy atom. The van der Waals surface area contributed by atoms with E-state index in [9.17, 15) is 5.11 Å². The van der Waals surface area contributed by atoms with Gasteiger partial charge in [0, 0.05) is 0 Å². The molecule has 5 heteroatoms. The van der Waals surface area contributed by atoms with Gasteiger partial charge >= 0.3 is 0 Å². The van der Waals surface area contributed by atoms with Crippen molar-refractivity contribution < 1.29 is 5.11 Å². The van der Waals surface area contributed by atoms with E-state index in [-0.39, 0.29) is 6.04 Å². The fraction of sp³-hybridized carbons (Fsp3) is 0.400. The number of nitrogens with zero attached hydrogens (tertiary/aromatic N) is 3. The maximum atomic E-state index is 10.3.